The topological polar surface area (TPSA) is 129 Å². The zero-order chi connectivity index (χ0) is 19.7. The Labute approximate surface area is 160 Å². The smallest absolute Gasteiger partial charge is 0.411 e. The molecule has 0 atom stereocenters. The summed E-state index contributed by atoms with van der Waals surface area (Å²) in [5, 5.41) is 15.5. The SMILES string of the molecule is O=C(O)CN1CC2(CCN(C(=O)c3ccc(-c4ncn[nH]4)cc3)CC2)OC1=O. The fourth-order valence-corrected chi connectivity index (χ4v) is 3.65. The van der Waals surface area contributed by atoms with Crippen molar-refractivity contribution in [3.05, 3.63) is 36.2 Å². The zero-order valence-electron chi connectivity index (χ0n) is 15.0. The molecule has 0 unspecified atom stereocenters. The van der Waals surface area contributed by atoms with Crippen LogP contribution in [0.5, 0.6) is 0 Å². The molecular weight excluding hydrogens is 366 g/mol. The molecule has 2 aromatic rings. The highest BCUT2D eigenvalue weighted by molar-refractivity contribution is 5.94. The second-order valence-corrected chi connectivity index (χ2v) is 7.00. The Kier molecular flexibility index (Phi) is 4.46. The molecule has 2 fully saturated rings. The average Bonchev–Trinajstić information content (AvgIpc) is 3.31. The van der Waals surface area contributed by atoms with E-state index in [0.717, 1.165) is 5.56 Å². The number of likely N-dealkylation sites (tertiary alicyclic amines) is 1. The maximum absolute atomic E-state index is 12.8. The number of benzene rings is 1. The lowest BCUT2D eigenvalue weighted by atomic mass is 9.91. The first-order valence-electron chi connectivity index (χ1n) is 8.91. The van der Waals surface area contributed by atoms with E-state index in [0.29, 0.717) is 37.3 Å². The van der Waals surface area contributed by atoms with E-state index in [9.17, 15) is 14.4 Å². The van der Waals surface area contributed by atoms with Crippen LogP contribution in [0.25, 0.3) is 11.4 Å². The molecule has 0 bridgehead atoms. The Morgan fingerprint density at radius 3 is 2.54 bits per heavy atom. The number of carboxylic acid groups (broad SMARTS) is 1. The molecule has 0 radical (unpaired) electrons. The predicted octanol–water partition coefficient (Wildman–Crippen LogP) is 0.983. The summed E-state index contributed by atoms with van der Waals surface area (Å²) in [6, 6.07) is 7.10. The second kappa shape index (κ2) is 6.95. The van der Waals surface area contributed by atoms with E-state index in [-0.39, 0.29) is 19.0 Å². The van der Waals surface area contributed by atoms with Gasteiger partial charge in [0.1, 0.15) is 18.5 Å². The largest absolute Gasteiger partial charge is 0.480 e. The van der Waals surface area contributed by atoms with Crippen LogP contribution in [-0.4, -0.2) is 79.8 Å². The minimum atomic E-state index is -1.07. The number of aromatic amines is 1. The van der Waals surface area contributed by atoms with E-state index in [2.05, 4.69) is 15.2 Å². The Hall–Kier alpha value is -3.43. The number of rotatable bonds is 4. The lowest BCUT2D eigenvalue weighted by Gasteiger charge is -2.37. The van der Waals surface area contributed by atoms with E-state index in [1.54, 1.807) is 17.0 Å². The molecule has 0 aliphatic carbocycles. The molecule has 28 heavy (non-hydrogen) atoms. The van der Waals surface area contributed by atoms with Gasteiger partial charge < -0.3 is 14.7 Å². The molecule has 2 N–H and O–H groups in total. The average molecular weight is 385 g/mol. The molecule has 2 amide bonds. The lowest BCUT2D eigenvalue weighted by Crippen LogP contribution is -2.49. The van der Waals surface area contributed by atoms with Crippen molar-refractivity contribution in [1.82, 2.24) is 25.0 Å². The number of nitrogens with zero attached hydrogens (tertiary/aromatic N) is 4. The van der Waals surface area contributed by atoms with Gasteiger partial charge >= 0.3 is 12.1 Å². The third kappa shape index (κ3) is 3.40. The van der Waals surface area contributed by atoms with Gasteiger partial charge in [-0.15, -0.1) is 0 Å². The van der Waals surface area contributed by atoms with Crippen LogP contribution in [0.2, 0.25) is 0 Å². The quantitative estimate of drug-likeness (QED) is 0.803. The van der Waals surface area contributed by atoms with Crippen molar-refractivity contribution < 1.29 is 24.2 Å². The monoisotopic (exact) mass is 385 g/mol. The fraction of sp³-hybridized carbons (Fsp3) is 0.389. The zero-order valence-corrected chi connectivity index (χ0v) is 15.0. The van der Waals surface area contributed by atoms with Gasteiger partial charge in [-0.25, -0.2) is 9.78 Å². The summed E-state index contributed by atoms with van der Waals surface area (Å²) in [5.41, 5.74) is 0.692. The molecule has 1 aromatic carbocycles. The van der Waals surface area contributed by atoms with E-state index >= 15 is 0 Å². The van der Waals surface area contributed by atoms with Crippen molar-refractivity contribution in [2.75, 3.05) is 26.2 Å². The maximum atomic E-state index is 12.8. The predicted molar refractivity (Wildman–Crippen MR) is 95.4 cm³/mol. The minimum Gasteiger partial charge on any atom is -0.480 e. The van der Waals surface area contributed by atoms with Gasteiger partial charge in [0.2, 0.25) is 0 Å². The number of H-pyrrole nitrogens is 1. The summed E-state index contributed by atoms with van der Waals surface area (Å²) in [6.07, 6.45) is 1.78. The lowest BCUT2D eigenvalue weighted by molar-refractivity contribution is -0.137. The van der Waals surface area contributed by atoms with Gasteiger partial charge in [0.15, 0.2) is 5.82 Å². The van der Waals surface area contributed by atoms with Crippen molar-refractivity contribution in [3.8, 4) is 11.4 Å². The molecule has 2 saturated heterocycles. The van der Waals surface area contributed by atoms with Crippen molar-refractivity contribution in [2.45, 2.75) is 18.4 Å². The van der Waals surface area contributed by atoms with Gasteiger partial charge in [-0.3, -0.25) is 19.6 Å². The van der Waals surface area contributed by atoms with Gasteiger partial charge in [-0.05, 0) is 12.1 Å². The van der Waals surface area contributed by atoms with Gasteiger partial charge in [0, 0.05) is 37.1 Å². The number of carboxylic acids is 1. The fourth-order valence-electron chi connectivity index (χ4n) is 3.65. The van der Waals surface area contributed by atoms with E-state index < -0.39 is 17.7 Å². The summed E-state index contributed by atoms with van der Waals surface area (Å²) >= 11 is 0. The number of ether oxygens (including phenoxy) is 1. The van der Waals surface area contributed by atoms with E-state index in [1.165, 1.54) is 11.2 Å². The molecule has 10 heteroatoms. The van der Waals surface area contributed by atoms with Gasteiger partial charge in [0.25, 0.3) is 5.91 Å². The summed E-state index contributed by atoms with van der Waals surface area (Å²) in [6.45, 7) is 0.751. The van der Waals surface area contributed by atoms with Crippen LogP contribution in [0.1, 0.15) is 23.2 Å². The van der Waals surface area contributed by atoms with Crippen LogP contribution < -0.4 is 0 Å². The molecule has 1 spiro atoms. The normalized spacial score (nSPS) is 18.4. The molecule has 146 valence electrons. The first kappa shape index (κ1) is 18.0. The highest BCUT2D eigenvalue weighted by Gasteiger charge is 2.47. The van der Waals surface area contributed by atoms with Crippen LogP contribution in [0.15, 0.2) is 30.6 Å². The van der Waals surface area contributed by atoms with E-state index in [4.69, 9.17) is 9.84 Å². The molecule has 2 aliphatic rings. The van der Waals surface area contributed by atoms with Crippen molar-refractivity contribution in [1.29, 1.82) is 0 Å². The Morgan fingerprint density at radius 2 is 1.93 bits per heavy atom. The van der Waals surface area contributed by atoms with Crippen molar-refractivity contribution in [2.24, 2.45) is 0 Å². The second-order valence-electron chi connectivity index (χ2n) is 7.00. The molecule has 1 aromatic heterocycles. The molecule has 0 saturated carbocycles. The third-order valence-corrected chi connectivity index (χ3v) is 5.15. The number of hydrogen-bond acceptors (Lipinski definition) is 6. The Morgan fingerprint density at radius 1 is 1.21 bits per heavy atom. The number of aromatic nitrogens is 3. The molecule has 10 nitrogen and oxygen atoms in total. The number of carbonyl (C=O) groups excluding carboxylic acids is 2. The van der Waals surface area contributed by atoms with Crippen LogP contribution in [0, 0.1) is 0 Å². The highest BCUT2D eigenvalue weighted by atomic mass is 16.6. The number of hydrogen-bond donors (Lipinski definition) is 2. The van der Waals surface area contributed by atoms with Gasteiger partial charge in [-0.1, -0.05) is 12.1 Å². The van der Waals surface area contributed by atoms with Crippen LogP contribution in [0.4, 0.5) is 4.79 Å². The standard InChI is InChI=1S/C18H19N5O5/c24-14(25)9-23-10-18(28-17(23)27)5-7-22(8-6-18)16(26)13-3-1-12(2-4-13)15-19-11-20-21-15/h1-4,11H,5-10H2,(H,24,25)(H,19,20,21). The summed E-state index contributed by atoms with van der Waals surface area (Å²) in [7, 11) is 0. The van der Waals surface area contributed by atoms with Crippen LogP contribution >= 0.6 is 0 Å². The number of amides is 2. The third-order valence-electron chi connectivity index (χ3n) is 5.15. The van der Waals surface area contributed by atoms with Crippen LogP contribution in [-0.2, 0) is 9.53 Å². The summed E-state index contributed by atoms with van der Waals surface area (Å²) in [5.74, 6) is -0.533. The van der Waals surface area contributed by atoms with Crippen molar-refractivity contribution in [3.63, 3.8) is 0 Å². The van der Waals surface area contributed by atoms with Crippen molar-refractivity contribution >= 4 is 18.0 Å². The van der Waals surface area contributed by atoms with Crippen LogP contribution in [0.3, 0.4) is 0 Å². The Bertz CT molecular complexity index is 888. The number of aliphatic carboxylic acids is 1. The summed E-state index contributed by atoms with van der Waals surface area (Å²) < 4.78 is 5.46. The van der Waals surface area contributed by atoms with E-state index in [1.807, 2.05) is 12.1 Å². The number of nitrogens with one attached hydrogen (secondary N) is 1. The molecular formula is C18H19N5O5. The Balaban J connectivity index is 1.38. The number of carbonyl (C=O) groups is 3. The minimum absolute atomic E-state index is 0.0920. The first-order chi connectivity index (χ1) is 13.5. The highest BCUT2D eigenvalue weighted by Crippen LogP contribution is 2.33. The molecule has 2 aliphatic heterocycles. The maximum Gasteiger partial charge on any atom is 0.411 e. The van der Waals surface area contributed by atoms with Gasteiger partial charge in [-0.2, -0.15) is 5.10 Å². The van der Waals surface area contributed by atoms with Gasteiger partial charge in [0.05, 0.1) is 6.54 Å². The number of piperidine rings is 1. The summed E-state index contributed by atoms with van der Waals surface area (Å²) in [4.78, 5) is 42.5. The first-order valence-corrected chi connectivity index (χ1v) is 8.91. The molecule has 4 rings (SSSR count). The molecule has 3 heterocycles.